The molecule has 0 fully saturated rings. The van der Waals surface area contributed by atoms with E-state index in [9.17, 15) is 9.18 Å². The lowest BCUT2D eigenvalue weighted by molar-refractivity contribution is 0.0699. The quantitative estimate of drug-likeness (QED) is 0.826. The fourth-order valence-electron chi connectivity index (χ4n) is 1.33. The van der Waals surface area contributed by atoms with E-state index in [2.05, 4.69) is 20.9 Å². The molecular weight excluding hydrogens is 253 g/mol. The molecule has 0 aliphatic rings. The van der Waals surface area contributed by atoms with Crippen LogP contribution in [-0.4, -0.2) is 16.1 Å². The van der Waals surface area contributed by atoms with Crippen molar-refractivity contribution in [3.05, 3.63) is 34.2 Å². The Bertz CT molecular complexity index is 521. The van der Waals surface area contributed by atoms with Gasteiger partial charge in [0.1, 0.15) is 5.82 Å². The van der Waals surface area contributed by atoms with E-state index in [1.165, 1.54) is 18.3 Å². The van der Waals surface area contributed by atoms with E-state index in [0.717, 1.165) is 0 Å². The second kappa shape index (κ2) is 3.09. The van der Waals surface area contributed by atoms with Crippen LogP contribution in [0.15, 0.2) is 22.8 Å². The van der Waals surface area contributed by atoms with Gasteiger partial charge in [0.15, 0.2) is 0 Å². The van der Waals surface area contributed by atoms with E-state index in [0.29, 0.717) is 5.52 Å². The highest BCUT2D eigenvalue weighted by Crippen LogP contribution is 2.27. The Morgan fingerprint density at radius 1 is 1.57 bits per heavy atom. The highest BCUT2D eigenvalue weighted by atomic mass is 79.9. The molecule has 0 unspecified atom stereocenters. The van der Waals surface area contributed by atoms with Crippen LogP contribution in [0.2, 0.25) is 0 Å². The minimum absolute atomic E-state index is 0.0540. The maximum absolute atomic E-state index is 13.4. The third kappa shape index (κ3) is 1.21. The Balaban J connectivity index is 2.91. The van der Waals surface area contributed by atoms with Crippen LogP contribution in [0, 0.1) is 5.82 Å². The molecule has 1 aromatic heterocycles. The number of benzene rings is 1. The Hall–Kier alpha value is -1.36. The first-order valence-electron chi connectivity index (χ1n) is 3.79. The summed E-state index contributed by atoms with van der Waals surface area (Å²) in [6.07, 6.45) is 1.51. The molecule has 0 aliphatic heterocycles. The molecule has 0 aliphatic carbocycles. The van der Waals surface area contributed by atoms with Crippen molar-refractivity contribution >= 4 is 32.8 Å². The molecule has 1 heterocycles. The summed E-state index contributed by atoms with van der Waals surface area (Å²) >= 11 is 2.97. The number of aromatic carboxylic acids is 1. The first-order chi connectivity index (χ1) is 6.61. The second-order valence-electron chi connectivity index (χ2n) is 2.79. The zero-order valence-electron chi connectivity index (χ0n) is 6.84. The maximum Gasteiger partial charge on any atom is 0.337 e. The monoisotopic (exact) mass is 257 g/mol. The SMILES string of the molecule is O=C(O)c1cc(Br)c(F)c2cc[nH]c12. The van der Waals surface area contributed by atoms with Gasteiger partial charge < -0.3 is 10.1 Å². The van der Waals surface area contributed by atoms with E-state index in [4.69, 9.17) is 5.11 Å². The lowest BCUT2D eigenvalue weighted by Crippen LogP contribution is -1.98. The summed E-state index contributed by atoms with van der Waals surface area (Å²) < 4.78 is 13.6. The van der Waals surface area contributed by atoms with Crippen LogP contribution in [0.3, 0.4) is 0 Å². The average Bonchev–Trinajstić information content (AvgIpc) is 2.59. The number of carbonyl (C=O) groups is 1. The number of aromatic nitrogens is 1. The molecule has 0 bridgehead atoms. The van der Waals surface area contributed by atoms with Gasteiger partial charge in [0.25, 0.3) is 0 Å². The highest BCUT2D eigenvalue weighted by Gasteiger charge is 2.15. The molecule has 1 aromatic carbocycles. The lowest BCUT2D eigenvalue weighted by atomic mass is 10.1. The smallest absolute Gasteiger partial charge is 0.337 e. The number of fused-ring (bicyclic) bond motifs is 1. The number of carboxylic acids is 1. The Morgan fingerprint density at radius 3 is 2.93 bits per heavy atom. The van der Waals surface area contributed by atoms with Gasteiger partial charge in [-0.15, -0.1) is 0 Å². The summed E-state index contributed by atoms with van der Waals surface area (Å²) in [5.41, 5.74) is 0.358. The molecule has 0 saturated carbocycles. The van der Waals surface area contributed by atoms with Crippen LogP contribution in [-0.2, 0) is 0 Å². The molecule has 0 saturated heterocycles. The van der Waals surface area contributed by atoms with Gasteiger partial charge in [-0.05, 0) is 28.1 Å². The third-order valence-corrected chi connectivity index (χ3v) is 2.54. The zero-order valence-corrected chi connectivity index (χ0v) is 8.43. The van der Waals surface area contributed by atoms with Gasteiger partial charge >= 0.3 is 5.97 Å². The van der Waals surface area contributed by atoms with Gasteiger partial charge in [0, 0.05) is 11.6 Å². The molecule has 0 spiro atoms. The molecule has 0 radical (unpaired) electrons. The average molecular weight is 258 g/mol. The summed E-state index contributed by atoms with van der Waals surface area (Å²) in [7, 11) is 0. The van der Waals surface area contributed by atoms with Crippen LogP contribution in [0.5, 0.6) is 0 Å². The summed E-state index contributed by atoms with van der Waals surface area (Å²) in [6, 6.07) is 2.75. The van der Waals surface area contributed by atoms with Crippen LogP contribution >= 0.6 is 15.9 Å². The van der Waals surface area contributed by atoms with Crippen molar-refractivity contribution in [3.8, 4) is 0 Å². The van der Waals surface area contributed by atoms with E-state index in [1.54, 1.807) is 0 Å². The zero-order chi connectivity index (χ0) is 10.3. The first-order valence-corrected chi connectivity index (χ1v) is 4.59. The van der Waals surface area contributed by atoms with E-state index in [1.807, 2.05) is 0 Å². The molecule has 14 heavy (non-hydrogen) atoms. The largest absolute Gasteiger partial charge is 0.478 e. The summed E-state index contributed by atoms with van der Waals surface area (Å²) in [6.45, 7) is 0. The van der Waals surface area contributed by atoms with Crippen molar-refractivity contribution in [1.82, 2.24) is 4.98 Å². The predicted molar refractivity (Wildman–Crippen MR) is 52.9 cm³/mol. The van der Waals surface area contributed by atoms with Crippen LogP contribution in [0.1, 0.15) is 10.4 Å². The fourth-order valence-corrected chi connectivity index (χ4v) is 1.78. The number of hydrogen-bond acceptors (Lipinski definition) is 1. The van der Waals surface area contributed by atoms with Crippen molar-refractivity contribution in [1.29, 1.82) is 0 Å². The van der Waals surface area contributed by atoms with E-state index >= 15 is 0 Å². The van der Waals surface area contributed by atoms with E-state index < -0.39 is 11.8 Å². The van der Waals surface area contributed by atoms with Gasteiger partial charge in [0.05, 0.1) is 15.6 Å². The van der Waals surface area contributed by atoms with Crippen molar-refractivity contribution in [3.63, 3.8) is 0 Å². The number of H-pyrrole nitrogens is 1. The highest BCUT2D eigenvalue weighted by molar-refractivity contribution is 9.10. The van der Waals surface area contributed by atoms with Gasteiger partial charge in [-0.3, -0.25) is 0 Å². The van der Waals surface area contributed by atoms with Crippen molar-refractivity contribution in [2.45, 2.75) is 0 Å². The maximum atomic E-state index is 13.4. The number of carboxylic acid groups (broad SMARTS) is 1. The number of hydrogen-bond donors (Lipinski definition) is 2. The minimum Gasteiger partial charge on any atom is -0.478 e. The third-order valence-electron chi connectivity index (χ3n) is 1.96. The molecule has 72 valence electrons. The van der Waals surface area contributed by atoms with Crippen molar-refractivity contribution in [2.24, 2.45) is 0 Å². The molecule has 2 N–H and O–H groups in total. The second-order valence-corrected chi connectivity index (χ2v) is 3.65. The molecule has 0 amide bonds. The number of halogens is 2. The molecule has 5 heteroatoms. The van der Waals surface area contributed by atoms with E-state index in [-0.39, 0.29) is 15.4 Å². The Morgan fingerprint density at radius 2 is 2.29 bits per heavy atom. The number of aromatic amines is 1. The number of nitrogens with one attached hydrogen (secondary N) is 1. The minimum atomic E-state index is -1.09. The Kier molecular flexibility index (Phi) is 2.03. The lowest BCUT2D eigenvalue weighted by Gasteiger charge is -2.01. The molecule has 0 atom stereocenters. The summed E-state index contributed by atoms with van der Waals surface area (Å²) in [5, 5.41) is 9.13. The van der Waals surface area contributed by atoms with Gasteiger partial charge in [-0.1, -0.05) is 0 Å². The normalized spacial score (nSPS) is 10.7. The van der Waals surface area contributed by atoms with Gasteiger partial charge in [-0.25, -0.2) is 9.18 Å². The predicted octanol–water partition coefficient (Wildman–Crippen LogP) is 2.77. The Labute approximate surface area is 86.7 Å². The van der Waals surface area contributed by atoms with Crippen molar-refractivity contribution < 1.29 is 14.3 Å². The fraction of sp³-hybridized carbons (Fsp3) is 0. The standard InChI is InChI=1S/C9H5BrFNO2/c10-6-3-5(9(13)14)8-4(7(6)11)1-2-12-8/h1-3,12H,(H,13,14). The van der Waals surface area contributed by atoms with Gasteiger partial charge in [-0.2, -0.15) is 0 Å². The topological polar surface area (TPSA) is 53.1 Å². The van der Waals surface area contributed by atoms with Crippen LogP contribution < -0.4 is 0 Å². The summed E-state index contributed by atoms with van der Waals surface area (Å²) in [5.74, 6) is -1.54. The molecule has 2 rings (SSSR count). The summed E-state index contributed by atoms with van der Waals surface area (Å²) in [4.78, 5) is 13.5. The van der Waals surface area contributed by atoms with Crippen LogP contribution in [0.25, 0.3) is 10.9 Å². The number of rotatable bonds is 1. The molecule has 2 aromatic rings. The molecular formula is C9H5BrFNO2. The first kappa shape index (κ1) is 9.21. The van der Waals surface area contributed by atoms with Crippen LogP contribution in [0.4, 0.5) is 4.39 Å². The van der Waals surface area contributed by atoms with Gasteiger partial charge in [0.2, 0.25) is 0 Å². The molecule has 3 nitrogen and oxygen atoms in total. The van der Waals surface area contributed by atoms with Crippen molar-refractivity contribution in [2.75, 3.05) is 0 Å².